The Hall–Kier alpha value is -1.40. The molecule has 2 aromatic heterocycles. The molecule has 0 unspecified atom stereocenters. The van der Waals surface area contributed by atoms with E-state index in [9.17, 15) is 0 Å². The van der Waals surface area contributed by atoms with Gasteiger partial charge in [-0.15, -0.1) is 5.10 Å². The van der Waals surface area contributed by atoms with Crippen LogP contribution < -0.4 is 0 Å². The lowest BCUT2D eigenvalue weighted by Gasteiger charge is -1.81. The minimum Gasteiger partial charge on any atom is -0.429 e. The second-order valence-corrected chi connectivity index (χ2v) is 1.92. The first-order valence-electron chi connectivity index (χ1n) is 3.23. The predicted molar refractivity (Wildman–Crippen MR) is 44.1 cm³/mol. The smallest absolute Gasteiger partial charge is 0.429 e. The van der Waals surface area contributed by atoms with E-state index in [1.165, 1.54) is 0 Å². The van der Waals surface area contributed by atoms with Crippen LogP contribution in [0.2, 0.25) is 0 Å². The number of rotatable bonds is 0. The fourth-order valence-electron chi connectivity index (χ4n) is 0.798. The van der Waals surface area contributed by atoms with Crippen molar-refractivity contribution in [2.45, 2.75) is 0 Å². The Morgan fingerprint density at radius 3 is 2.75 bits per heavy atom. The quantitative estimate of drug-likeness (QED) is 0.456. The molecular weight excluding hydrogens is 157 g/mol. The Labute approximate surface area is 69.4 Å². The first-order chi connectivity index (χ1) is 5.88. The molecule has 6 heteroatoms. The van der Waals surface area contributed by atoms with Crippen LogP contribution in [-0.4, -0.2) is 32.9 Å². The van der Waals surface area contributed by atoms with Gasteiger partial charge in [0.25, 0.3) is 0 Å². The fourth-order valence-corrected chi connectivity index (χ4v) is 0.798. The molecule has 2 aromatic rings. The highest BCUT2D eigenvalue weighted by Crippen LogP contribution is 2.03. The van der Waals surface area contributed by atoms with Crippen molar-refractivity contribution < 1.29 is 10.0 Å². The SMILES string of the molecule is O[B]O.c1cc2[nH]ccc2nn1. The van der Waals surface area contributed by atoms with Crippen LogP contribution in [0.15, 0.2) is 24.5 Å². The van der Waals surface area contributed by atoms with Crippen molar-refractivity contribution in [2.75, 3.05) is 0 Å². The van der Waals surface area contributed by atoms with Gasteiger partial charge in [0.05, 0.1) is 11.7 Å². The van der Waals surface area contributed by atoms with Crippen LogP contribution in [0.5, 0.6) is 0 Å². The van der Waals surface area contributed by atoms with Crippen molar-refractivity contribution in [3.05, 3.63) is 24.5 Å². The Morgan fingerprint density at radius 2 is 2.08 bits per heavy atom. The number of nitrogens with one attached hydrogen (secondary N) is 1. The van der Waals surface area contributed by atoms with Crippen LogP contribution in [0.1, 0.15) is 0 Å². The molecule has 0 saturated carbocycles. The lowest BCUT2D eigenvalue weighted by atomic mass is 10.4. The molecule has 0 aliphatic carbocycles. The van der Waals surface area contributed by atoms with E-state index in [-0.39, 0.29) is 7.69 Å². The zero-order valence-corrected chi connectivity index (χ0v) is 6.18. The summed E-state index contributed by atoms with van der Waals surface area (Å²) in [5.41, 5.74) is 1.95. The molecule has 3 N–H and O–H groups in total. The van der Waals surface area contributed by atoms with Crippen LogP contribution in [0.3, 0.4) is 0 Å². The summed E-state index contributed by atoms with van der Waals surface area (Å²) in [5, 5.41) is 21.6. The van der Waals surface area contributed by atoms with E-state index in [1.807, 2.05) is 18.3 Å². The van der Waals surface area contributed by atoms with E-state index < -0.39 is 0 Å². The summed E-state index contributed by atoms with van der Waals surface area (Å²) in [5.74, 6) is 0. The third kappa shape index (κ3) is 2.04. The van der Waals surface area contributed by atoms with Crippen molar-refractivity contribution in [2.24, 2.45) is 0 Å². The fraction of sp³-hybridized carbons (Fsp3) is 0. The maximum atomic E-state index is 7.00. The third-order valence-corrected chi connectivity index (χ3v) is 1.23. The Kier molecular flexibility index (Phi) is 3.24. The molecule has 12 heavy (non-hydrogen) atoms. The van der Waals surface area contributed by atoms with Crippen LogP contribution >= 0.6 is 0 Å². The highest BCUT2D eigenvalue weighted by Gasteiger charge is 1.89. The van der Waals surface area contributed by atoms with Gasteiger partial charge in [0, 0.05) is 6.20 Å². The monoisotopic (exact) mass is 164 g/mol. The van der Waals surface area contributed by atoms with Crippen molar-refractivity contribution in [1.29, 1.82) is 0 Å². The van der Waals surface area contributed by atoms with Gasteiger partial charge in [-0.25, -0.2) is 0 Å². The summed E-state index contributed by atoms with van der Waals surface area (Å²) in [6.07, 6.45) is 3.51. The molecule has 0 aliphatic heterocycles. The standard InChI is InChI=1S/C6H5N3.BH2O2/c1-3-7-5-2-4-8-9-6(1)5;2-1-3/h1-4,7H;2-3H. The predicted octanol–water partition coefficient (Wildman–Crippen LogP) is -0.537. The Morgan fingerprint density at radius 1 is 1.33 bits per heavy atom. The second kappa shape index (κ2) is 4.48. The Bertz CT molecular complexity index is 308. The molecule has 0 amide bonds. The number of fused-ring (bicyclic) bond motifs is 1. The average molecular weight is 164 g/mol. The van der Waals surface area contributed by atoms with E-state index in [1.54, 1.807) is 6.20 Å². The molecule has 5 nitrogen and oxygen atoms in total. The lowest BCUT2D eigenvalue weighted by molar-refractivity contribution is 0.448. The van der Waals surface area contributed by atoms with Gasteiger partial charge in [0.2, 0.25) is 0 Å². The number of aromatic amines is 1. The van der Waals surface area contributed by atoms with Crippen molar-refractivity contribution in [3.8, 4) is 0 Å². The molecular formula is C6H7BN3O2. The number of nitrogens with zero attached hydrogens (tertiary/aromatic N) is 2. The summed E-state index contributed by atoms with van der Waals surface area (Å²) in [6, 6.07) is 3.78. The zero-order valence-electron chi connectivity index (χ0n) is 6.18. The second-order valence-electron chi connectivity index (χ2n) is 1.92. The van der Waals surface area contributed by atoms with Gasteiger partial charge < -0.3 is 15.0 Å². The van der Waals surface area contributed by atoms with Gasteiger partial charge in [0.1, 0.15) is 5.52 Å². The number of aromatic nitrogens is 3. The first-order valence-corrected chi connectivity index (χ1v) is 3.23. The van der Waals surface area contributed by atoms with E-state index in [4.69, 9.17) is 10.0 Å². The molecule has 0 fully saturated rings. The number of hydrogen-bond acceptors (Lipinski definition) is 4. The van der Waals surface area contributed by atoms with Crippen LogP contribution in [-0.2, 0) is 0 Å². The van der Waals surface area contributed by atoms with Crippen LogP contribution in [0.4, 0.5) is 0 Å². The van der Waals surface area contributed by atoms with Crippen LogP contribution in [0.25, 0.3) is 11.0 Å². The minimum atomic E-state index is 0. The largest absolute Gasteiger partial charge is 0.482 e. The summed E-state index contributed by atoms with van der Waals surface area (Å²) in [6.45, 7) is 0. The van der Waals surface area contributed by atoms with Gasteiger partial charge in [0.15, 0.2) is 0 Å². The van der Waals surface area contributed by atoms with Gasteiger partial charge in [-0.2, -0.15) is 5.10 Å². The minimum absolute atomic E-state index is 0. The molecule has 2 heterocycles. The maximum Gasteiger partial charge on any atom is 0.482 e. The van der Waals surface area contributed by atoms with E-state index in [0.29, 0.717) is 0 Å². The molecule has 1 radical (unpaired) electrons. The van der Waals surface area contributed by atoms with Crippen LogP contribution in [0, 0.1) is 0 Å². The molecule has 0 saturated heterocycles. The van der Waals surface area contributed by atoms with Crippen molar-refractivity contribution in [1.82, 2.24) is 15.2 Å². The van der Waals surface area contributed by atoms with Gasteiger partial charge in [-0.3, -0.25) is 0 Å². The summed E-state index contributed by atoms with van der Waals surface area (Å²) >= 11 is 0. The first kappa shape index (κ1) is 8.70. The summed E-state index contributed by atoms with van der Waals surface area (Å²) < 4.78 is 0. The molecule has 0 aliphatic rings. The van der Waals surface area contributed by atoms with E-state index in [2.05, 4.69) is 15.2 Å². The Balaban J connectivity index is 0.000000213. The van der Waals surface area contributed by atoms with Gasteiger partial charge in [-0.05, 0) is 12.1 Å². The third-order valence-electron chi connectivity index (χ3n) is 1.23. The highest BCUT2D eigenvalue weighted by atomic mass is 16.4. The van der Waals surface area contributed by atoms with Crippen molar-refractivity contribution >= 4 is 18.7 Å². The molecule has 61 valence electrons. The average Bonchev–Trinajstić information content (AvgIpc) is 2.52. The number of hydrogen-bond donors (Lipinski definition) is 3. The van der Waals surface area contributed by atoms with E-state index in [0.717, 1.165) is 11.0 Å². The molecule has 0 spiro atoms. The lowest BCUT2D eigenvalue weighted by Crippen LogP contribution is -1.76. The summed E-state index contributed by atoms with van der Waals surface area (Å²) in [4.78, 5) is 3.02. The van der Waals surface area contributed by atoms with Crippen molar-refractivity contribution in [3.63, 3.8) is 0 Å². The maximum absolute atomic E-state index is 7.00. The topological polar surface area (TPSA) is 82.0 Å². The van der Waals surface area contributed by atoms with Gasteiger partial charge >= 0.3 is 7.69 Å². The molecule has 0 bridgehead atoms. The summed E-state index contributed by atoms with van der Waals surface area (Å²) in [7, 11) is 0. The molecule has 2 rings (SSSR count). The molecule has 0 aromatic carbocycles. The van der Waals surface area contributed by atoms with Gasteiger partial charge in [-0.1, -0.05) is 0 Å². The number of H-pyrrole nitrogens is 1. The highest BCUT2D eigenvalue weighted by molar-refractivity contribution is 6.13. The normalized spacial score (nSPS) is 8.83. The van der Waals surface area contributed by atoms with E-state index >= 15 is 0 Å². The zero-order chi connectivity index (χ0) is 8.81. The molecule has 0 atom stereocenters.